The van der Waals surface area contributed by atoms with Crippen molar-refractivity contribution in [3.8, 4) is 0 Å². The number of rotatable bonds is 7. The zero-order valence-electron chi connectivity index (χ0n) is 10.9. The third-order valence-corrected chi connectivity index (χ3v) is 4.51. The molecule has 1 aromatic rings. The van der Waals surface area contributed by atoms with Crippen LogP contribution in [0.2, 0.25) is 0 Å². The van der Waals surface area contributed by atoms with E-state index >= 15 is 0 Å². The summed E-state index contributed by atoms with van der Waals surface area (Å²) in [4.78, 5) is -0.114. The second-order valence-electron chi connectivity index (χ2n) is 3.91. The van der Waals surface area contributed by atoms with Crippen LogP contribution in [0, 0.1) is 0 Å². The van der Waals surface area contributed by atoms with Gasteiger partial charge >= 0.3 is 5.51 Å². The summed E-state index contributed by atoms with van der Waals surface area (Å²) in [6, 6.07) is 4.57. The van der Waals surface area contributed by atoms with Gasteiger partial charge in [-0.3, -0.25) is 0 Å². The van der Waals surface area contributed by atoms with Gasteiger partial charge in [-0.15, -0.1) is 12.4 Å². The van der Waals surface area contributed by atoms with E-state index in [1.54, 1.807) is 0 Å². The summed E-state index contributed by atoms with van der Waals surface area (Å²) >= 11 is -0.285. The van der Waals surface area contributed by atoms with Crippen molar-refractivity contribution in [2.24, 2.45) is 5.73 Å². The smallest absolute Gasteiger partial charge is 0.330 e. The van der Waals surface area contributed by atoms with Gasteiger partial charge in [0, 0.05) is 11.4 Å². The molecule has 0 atom stereocenters. The molecule has 0 fully saturated rings. The summed E-state index contributed by atoms with van der Waals surface area (Å²) in [6.07, 6.45) is 1.31. The number of halogens is 4. The molecule has 0 spiro atoms. The average Bonchev–Trinajstić information content (AvgIpc) is 2.33. The van der Waals surface area contributed by atoms with Gasteiger partial charge in [0.25, 0.3) is 0 Å². The lowest BCUT2D eigenvalue weighted by molar-refractivity contribution is -0.0328. The van der Waals surface area contributed by atoms with Crippen molar-refractivity contribution in [1.29, 1.82) is 0 Å². The van der Waals surface area contributed by atoms with Crippen LogP contribution in [-0.4, -0.2) is 27.0 Å². The van der Waals surface area contributed by atoms with Crippen molar-refractivity contribution in [1.82, 2.24) is 4.72 Å². The zero-order valence-corrected chi connectivity index (χ0v) is 13.3. The monoisotopic (exact) mass is 364 g/mol. The molecule has 0 amide bonds. The number of hydrogen-bond acceptors (Lipinski definition) is 4. The Balaban J connectivity index is 0.00000400. The van der Waals surface area contributed by atoms with Gasteiger partial charge in [-0.1, -0.05) is 0 Å². The highest BCUT2D eigenvalue weighted by Gasteiger charge is 2.29. The molecule has 10 heteroatoms. The Hall–Kier alpha value is -0.480. The Bertz CT molecular complexity index is 521. The molecule has 0 unspecified atom stereocenters. The van der Waals surface area contributed by atoms with Crippen molar-refractivity contribution in [3.05, 3.63) is 24.3 Å². The van der Waals surface area contributed by atoms with Gasteiger partial charge in [0.15, 0.2) is 0 Å². The Kier molecular flexibility index (Phi) is 8.64. The molecule has 0 saturated heterocycles. The lowest BCUT2D eigenvalue weighted by Crippen LogP contribution is -2.25. The van der Waals surface area contributed by atoms with Gasteiger partial charge in [-0.05, 0) is 55.4 Å². The summed E-state index contributed by atoms with van der Waals surface area (Å²) in [7, 11) is -3.68. The highest BCUT2D eigenvalue weighted by molar-refractivity contribution is 8.00. The van der Waals surface area contributed by atoms with Gasteiger partial charge in [-0.2, -0.15) is 13.2 Å². The molecule has 0 bridgehead atoms. The summed E-state index contributed by atoms with van der Waals surface area (Å²) in [5, 5.41) is 0. The predicted molar refractivity (Wildman–Crippen MR) is 79.1 cm³/mol. The molecule has 122 valence electrons. The molecule has 0 heterocycles. The van der Waals surface area contributed by atoms with E-state index in [-0.39, 0.29) is 40.5 Å². The standard InChI is InChI=1S/C11H15F3N2O2S2.ClH/c12-11(13,14)19-9-3-5-10(6-4-9)20(17,18)16-8-2-1-7-15;/h3-6,16H,1-2,7-8,15H2;1H. The van der Waals surface area contributed by atoms with E-state index < -0.39 is 15.5 Å². The highest BCUT2D eigenvalue weighted by atomic mass is 35.5. The number of hydrogen-bond donors (Lipinski definition) is 2. The number of alkyl halides is 3. The molecule has 1 aromatic carbocycles. The lowest BCUT2D eigenvalue weighted by atomic mass is 10.3. The third-order valence-electron chi connectivity index (χ3n) is 2.29. The van der Waals surface area contributed by atoms with Crippen LogP contribution in [0.4, 0.5) is 13.2 Å². The van der Waals surface area contributed by atoms with Crippen LogP contribution in [-0.2, 0) is 10.0 Å². The van der Waals surface area contributed by atoms with Crippen LogP contribution in [0.5, 0.6) is 0 Å². The van der Waals surface area contributed by atoms with E-state index in [9.17, 15) is 21.6 Å². The topological polar surface area (TPSA) is 72.2 Å². The molecule has 0 saturated carbocycles. The van der Waals surface area contributed by atoms with Crippen LogP contribution in [0.25, 0.3) is 0 Å². The van der Waals surface area contributed by atoms with Crippen molar-refractivity contribution >= 4 is 34.2 Å². The molecular formula is C11H16ClF3N2O2S2. The van der Waals surface area contributed by atoms with E-state index in [4.69, 9.17) is 5.73 Å². The maximum Gasteiger partial charge on any atom is 0.446 e. The van der Waals surface area contributed by atoms with E-state index in [0.717, 1.165) is 24.3 Å². The molecule has 4 nitrogen and oxygen atoms in total. The Morgan fingerprint density at radius 3 is 2.19 bits per heavy atom. The SMILES string of the molecule is Cl.NCCCCNS(=O)(=O)c1ccc(SC(F)(F)F)cc1. The molecule has 0 aliphatic carbocycles. The Labute approximate surface area is 132 Å². The first-order valence-corrected chi connectivity index (χ1v) is 8.10. The number of nitrogens with two attached hydrogens (primary N) is 1. The number of benzene rings is 1. The minimum atomic E-state index is -4.39. The van der Waals surface area contributed by atoms with Gasteiger partial charge < -0.3 is 5.73 Å². The first-order chi connectivity index (χ1) is 9.24. The Morgan fingerprint density at radius 2 is 1.71 bits per heavy atom. The van der Waals surface area contributed by atoms with Gasteiger partial charge in [-0.25, -0.2) is 13.1 Å². The van der Waals surface area contributed by atoms with E-state index in [1.165, 1.54) is 0 Å². The normalized spacial score (nSPS) is 12.0. The van der Waals surface area contributed by atoms with Crippen LogP contribution < -0.4 is 10.5 Å². The fourth-order valence-corrected chi connectivity index (χ4v) is 2.99. The van der Waals surface area contributed by atoms with Gasteiger partial charge in [0.1, 0.15) is 0 Å². The molecule has 0 aliphatic heterocycles. The second kappa shape index (κ2) is 8.84. The van der Waals surface area contributed by atoms with Gasteiger partial charge in [0.05, 0.1) is 4.90 Å². The first-order valence-electron chi connectivity index (χ1n) is 5.80. The predicted octanol–water partition coefficient (Wildman–Crippen LogP) is 2.74. The van der Waals surface area contributed by atoms with E-state index in [0.29, 0.717) is 19.4 Å². The van der Waals surface area contributed by atoms with Crippen LogP contribution in [0.15, 0.2) is 34.1 Å². The minimum Gasteiger partial charge on any atom is -0.330 e. The molecule has 0 aromatic heterocycles. The molecule has 21 heavy (non-hydrogen) atoms. The van der Waals surface area contributed by atoms with Gasteiger partial charge in [0.2, 0.25) is 10.0 Å². The highest BCUT2D eigenvalue weighted by Crippen LogP contribution is 2.36. The summed E-state index contributed by atoms with van der Waals surface area (Å²) in [6.45, 7) is 0.726. The van der Waals surface area contributed by atoms with Crippen molar-refractivity contribution in [2.45, 2.75) is 28.1 Å². The molecule has 3 N–H and O–H groups in total. The average molecular weight is 365 g/mol. The van der Waals surface area contributed by atoms with E-state index in [2.05, 4.69) is 4.72 Å². The zero-order chi connectivity index (χ0) is 15.2. The van der Waals surface area contributed by atoms with Crippen LogP contribution in [0.1, 0.15) is 12.8 Å². The molecular weight excluding hydrogens is 349 g/mol. The van der Waals surface area contributed by atoms with E-state index in [1.807, 2.05) is 0 Å². The first kappa shape index (κ1) is 20.5. The fraction of sp³-hybridized carbons (Fsp3) is 0.455. The minimum absolute atomic E-state index is 0. The molecule has 1 rings (SSSR count). The second-order valence-corrected chi connectivity index (χ2v) is 6.82. The third kappa shape index (κ3) is 7.91. The number of sulfonamides is 1. The van der Waals surface area contributed by atoms with Crippen molar-refractivity contribution < 1.29 is 21.6 Å². The molecule has 0 radical (unpaired) electrons. The quantitative estimate of drug-likeness (QED) is 0.576. The largest absolute Gasteiger partial charge is 0.446 e. The summed E-state index contributed by atoms with van der Waals surface area (Å²) < 4.78 is 62.4. The lowest BCUT2D eigenvalue weighted by Gasteiger charge is -2.08. The van der Waals surface area contributed by atoms with Crippen molar-refractivity contribution in [2.75, 3.05) is 13.1 Å². The number of nitrogens with one attached hydrogen (secondary N) is 1. The summed E-state index contributed by atoms with van der Waals surface area (Å²) in [5.74, 6) is 0. The maximum absolute atomic E-state index is 12.1. The number of thioether (sulfide) groups is 1. The number of unbranched alkanes of at least 4 members (excludes halogenated alkanes) is 1. The van der Waals surface area contributed by atoms with Crippen molar-refractivity contribution in [3.63, 3.8) is 0 Å². The van der Waals surface area contributed by atoms with Crippen LogP contribution >= 0.6 is 24.2 Å². The Morgan fingerprint density at radius 1 is 1.14 bits per heavy atom. The fourth-order valence-electron chi connectivity index (χ4n) is 1.38. The summed E-state index contributed by atoms with van der Waals surface area (Å²) in [5.41, 5.74) is 0.897. The molecule has 0 aliphatic rings. The van der Waals surface area contributed by atoms with Crippen LogP contribution in [0.3, 0.4) is 0 Å². The maximum atomic E-state index is 12.1.